The van der Waals surface area contributed by atoms with E-state index in [-0.39, 0.29) is 5.97 Å². The average molecular weight is 529 g/mol. The molecule has 0 bridgehead atoms. The van der Waals surface area contributed by atoms with Crippen molar-refractivity contribution in [3.8, 4) is 0 Å². The fraction of sp³-hybridized carbons (Fsp3) is 0.654. The molecule has 3 rings (SSSR count). The number of nitrogens with two attached hydrogens (primary N) is 1. The van der Waals surface area contributed by atoms with Crippen LogP contribution in [0.4, 0.5) is 18.9 Å². The van der Waals surface area contributed by atoms with Crippen LogP contribution in [0.25, 0.3) is 0 Å². The standard InChI is InChI=1S/C24H39N4O2.C2HF3O2/c1-24(2,3)30-23(29)18-28(4)15-11-21(12-16-28)20-9-13-27(14-10-20)22-7-5-19(6-8-22)17-26-25;3-2(4,5)1(6)7/h5-8,17,20-21H,9-16,18,25H2,1-4H3;(H,6,7)/q+1;/p-1/b26-17+;. The maximum absolute atomic E-state index is 12.3. The Bertz CT molecular complexity index is 913. The molecule has 1 aromatic carbocycles. The molecule has 1 aromatic rings. The number of likely N-dealkylation sites (tertiary alicyclic amines) is 1. The van der Waals surface area contributed by atoms with E-state index >= 15 is 0 Å². The number of hydrazone groups is 1. The lowest BCUT2D eigenvalue weighted by Gasteiger charge is -2.44. The molecule has 0 aromatic heterocycles. The Morgan fingerprint density at radius 1 is 1.08 bits per heavy atom. The number of piperidine rings is 2. The fourth-order valence-electron chi connectivity index (χ4n) is 5.01. The first-order chi connectivity index (χ1) is 17.1. The summed E-state index contributed by atoms with van der Waals surface area (Å²) in [5.74, 6) is 3.75. The first-order valence-corrected chi connectivity index (χ1v) is 12.5. The van der Waals surface area contributed by atoms with Crippen LogP contribution in [0.1, 0.15) is 52.0 Å². The predicted octanol–water partition coefficient (Wildman–Crippen LogP) is 2.69. The van der Waals surface area contributed by atoms with Gasteiger partial charge in [-0.3, -0.25) is 0 Å². The number of benzene rings is 1. The van der Waals surface area contributed by atoms with Crippen molar-refractivity contribution in [3.63, 3.8) is 0 Å². The normalized spacial score (nSPS) is 23.3. The second-order valence-corrected chi connectivity index (χ2v) is 11.1. The quantitative estimate of drug-likeness (QED) is 0.207. The number of carboxylic acids is 1. The molecule has 11 heteroatoms. The summed E-state index contributed by atoms with van der Waals surface area (Å²) in [4.78, 5) is 23.6. The highest BCUT2D eigenvalue weighted by Gasteiger charge is 2.37. The van der Waals surface area contributed by atoms with Gasteiger partial charge in [0.2, 0.25) is 0 Å². The van der Waals surface area contributed by atoms with Gasteiger partial charge < -0.3 is 29.9 Å². The van der Waals surface area contributed by atoms with Crippen molar-refractivity contribution in [2.45, 2.75) is 58.2 Å². The van der Waals surface area contributed by atoms with Gasteiger partial charge in [-0.25, -0.2) is 4.79 Å². The number of quaternary nitrogens is 1. The molecule has 2 heterocycles. The Morgan fingerprint density at radius 2 is 1.57 bits per heavy atom. The largest absolute Gasteiger partial charge is 0.542 e. The molecule has 0 spiro atoms. The number of hydrogen-bond acceptors (Lipinski definition) is 7. The molecule has 2 aliphatic rings. The van der Waals surface area contributed by atoms with Gasteiger partial charge in [0, 0.05) is 18.8 Å². The molecule has 0 aliphatic carbocycles. The molecule has 2 fully saturated rings. The van der Waals surface area contributed by atoms with Crippen molar-refractivity contribution < 1.29 is 37.1 Å². The molecule has 0 atom stereocenters. The van der Waals surface area contributed by atoms with Crippen LogP contribution in [0.3, 0.4) is 0 Å². The Kier molecular flexibility index (Phi) is 10.4. The molecule has 208 valence electrons. The summed E-state index contributed by atoms with van der Waals surface area (Å²) in [6.07, 6.45) is 1.43. The molecule has 37 heavy (non-hydrogen) atoms. The van der Waals surface area contributed by atoms with E-state index in [4.69, 9.17) is 20.5 Å². The number of aliphatic carboxylic acids is 1. The number of anilines is 1. The monoisotopic (exact) mass is 528 g/mol. The van der Waals surface area contributed by atoms with Gasteiger partial charge in [0.1, 0.15) is 11.6 Å². The molecular formula is C26H39F3N4O4. The van der Waals surface area contributed by atoms with Crippen LogP contribution in [0, 0.1) is 11.8 Å². The summed E-state index contributed by atoms with van der Waals surface area (Å²) in [6.45, 7) is 10.7. The van der Waals surface area contributed by atoms with Gasteiger partial charge in [-0.15, -0.1) is 0 Å². The number of hydrogen-bond donors (Lipinski definition) is 1. The van der Waals surface area contributed by atoms with Crippen molar-refractivity contribution in [1.29, 1.82) is 0 Å². The zero-order valence-electron chi connectivity index (χ0n) is 22.1. The van der Waals surface area contributed by atoms with E-state index < -0.39 is 17.7 Å². The SMILES string of the molecule is CC(C)(C)OC(=O)C[N+]1(C)CCC(C2CCN(c3ccc(/C=N/N)cc3)CC2)CC1.O=C([O-])C(F)(F)F. The number of ether oxygens (including phenoxy) is 1. The van der Waals surface area contributed by atoms with E-state index in [9.17, 15) is 18.0 Å². The maximum Gasteiger partial charge on any atom is 0.430 e. The molecule has 2 aliphatic heterocycles. The average Bonchev–Trinajstić information content (AvgIpc) is 2.79. The maximum atomic E-state index is 12.3. The summed E-state index contributed by atoms with van der Waals surface area (Å²) in [7, 11) is 2.21. The van der Waals surface area contributed by atoms with Gasteiger partial charge >= 0.3 is 12.1 Å². The molecule has 2 N–H and O–H groups in total. The third-order valence-electron chi connectivity index (χ3n) is 6.93. The second kappa shape index (κ2) is 12.6. The van der Waals surface area contributed by atoms with Crippen LogP contribution in [-0.2, 0) is 14.3 Å². The number of esters is 1. The van der Waals surface area contributed by atoms with Crippen molar-refractivity contribution in [2.75, 3.05) is 44.7 Å². The van der Waals surface area contributed by atoms with E-state index in [2.05, 4.69) is 41.3 Å². The van der Waals surface area contributed by atoms with E-state index in [1.807, 2.05) is 20.8 Å². The van der Waals surface area contributed by atoms with Crippen molar-refractivity contribution in [2.24, 2.45) is 22.8 Å². The first kappa shape index (κ1) is 30.4. The number of carbonyl (C=O) groups excluding carboxylic acids is 2. The highest BCUT2D eigenvalue weighted by Crippen LogP contribution is 2.35. The highest BCUT2D eigenvalue weighted by molar-refractivity contribution is 5.80. The molecule has 0 unspecified atom stereocenters. The van der Waals surface area contributed by atoms with Crippen molar-refractivity contribution >= 4 is 23.8 Å². The van der Waals surface area contributed by atoms with Gasteiger partial charge in [0.15, 0.2) is 6.54 Å². The number of carboxylic acid groups (broad SMARTS) is 1. The number of alkyl halides is 3. The van der Waals surface area contributed by atoms with Crippen LogP contribution < -0.4 is 15.8 Å². The molecule has 0 radical (unpaired) electrons. The summed E-state index contributed by atoms with van der Waals surface area (Å²) >= 11 is 0. The van der Waals surface area contributed by atoms with Crippen molar-refractivity contribution in [1.82, 2.24) is 0 Å². The minimum Gasteiger partial charge on any atom is -0.542 e. The van der Waals surface area contributed by atoms with Crippen molar-refractivity contribution in [3.05, 3.63) is 29.8 Å². The summed E-state index contributed by atoms with van der Waals surface area (Å²) < 4.78 is 37.9. The number of likely N-dealkylation sites (N-methyl/N-ethyl adjacent to an activating group) is 1. The van der Waals surface area contributed by atoms with Crippen LogP contribution in [0.2, 0.25) is 0 Å². The molecule has 0 saturated carbocycles. The number of rotatable bonds is 5. The van der Waals surface area contributed by atoms with E-state index in [0.29, 0.717) is 6.54 Å². The van der Waals surface area contributed by atoms with Gasteiger partial charge in [-0.2, -0.15) is 18.3 Å². The van der Waals surface area contributed by atoms with Crippen LogP contribution in [0.5, 0.6) is 0 Å². The summed E-state index contributed by atoms with van der Waals surface area (Å²) in [6, 6.07) is 8.47. The van der Waals surface area contributed by atoms with Gasteiger partial charge in [-0.1, -0.05) is 12.1 Å². The summed E-state index contributed by atoms with van der Waals surface area (Å²) in [5.41, 5.74) is 1.92. The zero-order chi connectivity index (χ0) is 27.9. The predicted molar refractivity (Wildman–Crippen MR) is 134 cm³/mol. The van der Waals surface area contributed by atoms with E-state index in [1.165, 1.54) is 31.4 Å². The number of carbonyl (C=O) groups is 2. The Morgan fingerprint density at radius 3 is 2.00 bits per heavy atom. The lowest BCUT2D eigenvalue weighted by atomic mass is 9.78. The topological polar surface area (TPSA) is 108 Å². The molecule has 2 saturated heterocycles. The Hall–Kier alpha value is -2.82. The Labute approximate surface area is 216 Å². The summed E-state index contributed by atoms with van der Waals surface area (Å²) in [5, 5.41) is 12.4. The first-order valence-electron chi connectivity index (χ1n) is 12.5. The highest BCUT2D eigenvalue weighted by atomic mass is 19.4. The lowest BCUT2D eigenvalue weighted by molar-refractivity contribution is -0.908. The van der Waals surface area contributed by atoms with Crippen LogP contribution in [-0.4, -0.2) is 74.2 Å². The molecule has 0 amide bonds. The van der Waals surface area contributed by atoms with Gasteiger partial charge in [0.25, 0.3) is 0 Å². The number of halogens is 3. The third-order valence-corrected chi connectivity index (χ3v) is 6.93. The number of nitrogens with zero attached hydrogens (tertiary/aromatic N) is 3. The minimum atomic E-state index is -5.19. The van der Waals surface area contributed by atoms with E-state index in [1.54, 1.807) is 6.21 Å². The minimum absolute atomic E-state index is 0.0690. The third kappa shape index (κ3) is 10.2. The smallest absolute Gasteiger partial charge is 0.430 e. The second-order valence-electron chi connectivity index (χ2n) is 11.1. The van der Waals surface area contributed by atoms with Gasteiger partial charge in [0.05, 0.1) is 26.4 Å². The molecular weight excluding hydrogens is 489 g/mol. The molecule has 8 nitrogen and oxygen atoms in total. The van der Waals surface area contributed by atoms with E-state index in [0.717, 1.165) is 48.1 Å². The van der Waals surface area contributed by atoms with Crippen LogP contribution in [0.15, 0.2) is 29.4 Å². The fourth-order valence-corrected chi connectivity index (χ4v) is 5.01. The zero-order valence-corrected chi connectivity index (χ0v) is 22.1. The van der Waals surface area contributed by atoms with Crippen LogP contribution >= 0.6 is 0 Å². The Balaban J connectivity index is 0.000000604. The van der Waals surface area contributed by atoms with Gasteiger partial charge in [-0.05, 0) is 76.0 Å². The lowest BCUT2D eigenvalue weighted by Crippen LogP contribution is -2.54.